The predicted molar refractivity (Wildman–Crippen MR) is 45.4 cm³/mol. The first-order chi connectivity index (χ1) is 5.56. The van der Waals surface area contributed by atoms with Crippen molar-refractivity contribution in [2.75, 3.05) is 0 Å². The van der Waals surface area contributed by atoms with E-state index in [1.807, 2.05) is 0 Å². The molecule has 0 radical (unpaired) electrons. The van der Waals surface area contributed by atoms with E-state index in [1.54, 1.807) is 6.92 Å². The molecule has 0 spiro atoms. The van der Waals surface area contributed by atoms with Crippen molar-refractivity contribution >= 4 is 5.97 Å². The van der Waals surface area contributed by atoms with Crippen LogP contribution in [0.3, 0.4) is 0 Å². The summed E-state index contributed by atoms with van der Waals surface area (Å²) >= 11 is 0. The maximum Gasteiger partial charge on any atom is 0.0447 e. The lowest BCUT2D eigenvalue weighted by molar-refractivity contribution is -0.315. The van der Waals surface area contributed by atoms with E-state index in [0.717, 1.165) is 12.8 Å². The molecule has 2 nitrogen and oxygen atoms in total. The third kappa shape index (κ3) is 1.79. The van der Waals surface area contributed by atoms with E-state index in [1.165, 1.54) is 19.3 Å². The molecule has 1 saturated carbocycles. The summed E-state index contributed by atoms with van der Waals surface area (Å²) in [5.74, 6) is -1.18. The Kier molecular flexibility index (Phi) is 2.76. The first kappa shape index (κ1) is 9.56. The van der Waals surface area contributed by atoms with Gasteiger partial charge in [-0.1, -0.05) is 33.1 Å². The van der Waals surface area contributed by atoms with Gasteiger partial charge in [0.2, 0.25) is 0 Å². The topological polar surface area (TPSA) is 40.1 Å². The van der Waals surface area contributed by atoms with E-state index in [9.17, 15) is 9.90 Å². The number of carboxylic acids is 1. The Morgan fingerprint density at radius 2 is 1.83 bits per heavy atom. The van der Waals surface area contributed by atoms with E-state index >= 15 is 0 Å². The van der Waals surface area contributed by atoms with Crippen LogP contribution in [-0.2, 0) is 4.79 Å². The summed E-state index contributed by atoms with van der Waals surface area (Å²) in [6.45, 7) is 3.85. The van der Waals surface area contributed by atoms with Gasteiger partial charge >= 0.3 is 0 Å². The molecule has 0 saturated heterocycles. The molecule has 0 N–H and O–H groups in total. The fourth-order valence-corrected chi connectivity index (χ4v) is 2.08. The molecule has 1 aliphatic rings. The summed E-state index contributed by atoms with van der Waals surface area (Å²) in [6.07, 6.45) is 5.70. The van der Waals surface area contributed by atoms with Crippen LogP contribution in [0.4, 0.5) is 0 Å². The van der Waals surface area contributed by atoms with Crippen molar-refractivity contribution in [3.05, 3.63) is 0 Å². The van der Waals surface area contributed by atoms with Crippen molar-refractivity contribution in [3.8, 4) is 0 Å². The third-order valence-corrected chi connectivity index (χ3v) is 3.39. The smallest absolute Gasteiger partial charge is 0.0447 e. The molecule has 0 aromatic rings. The zero-order valence-electron chi connectivity index (χ0n) is 7.93. The van der Waals surface area contributed by atoms with E-state index < -0.39 is 5.97 Å². The minimum atomic E-state index is -0.889. The van der Waals surface area contributed by atoms with Crippen LogP contribution in [0, 0.1) is 11.3 Å². The van der Waals surface area contributed by atoms with E-state index in [0.29, 0.717) is 0 Å². The predicted octanol–water partition coefficient (Wildman–Crippen LogP) is 1.34. The number of rotatable bonds is 2. The Morgan fingerprint density at radius 1 is 1.33 bits per heavy atom. The fraction of sp³-hybridized carbons (Fsp3) is 0.900. The molecule has 0 aromatic carbocycles. The molecule has 1 unspecified atom stereocenters. The molecule has 0 aliphatic heterocycles. The van der Waals surface area contributed by atoms with Crippen LogP contribution >= 0.6 is 0 Å². The second kappa shape index (κ2) is 3.46. The zero-order valence-corrected chi connectivity index (χ0v) is 7.93. The number of hydrogen-bond donors (Lipinski definition) is 0. The average molecular weight is 169 g/mol. The number of carbonyl (C=O) groups is 1. The van der Waals surface area contributed by atoms with E-state index in [2.05, 4.69) is 6.92 Å². The van der Waals surface area contributed by atoms with Crippen LogP contribution in [0.1, 0.15) is 46.0 Å². The van der Waals surface area contributed by atoms with Crippen molar-refractivity contribution in [2.24, 2.45) is 11.3 Å². The SMILES string of the molecule is CC(C(=O)[O-])C1(C)CCCCC1. The van der Waals surface area contributed by atoms with Gasteiger partial charge in [-0.3, -0.25) is 0 Å². The molecular formula is C10H17O2-. The van der Waals surface area contributed by atoms with Crippen LogP contribution in [0.5, 0.6) is 0 Å². The highest BCUT2D eigenvalue weighted by Crippen LogP contribution is 2.41. The van der Waals surface area contributed by atoms with Gasteiger partial charge < -0.3 is 9.90 Å². The summed E-state index contributed by atoms with van der Waals surface area (Å²) < 4.78 is 0. The minimum absolute atomic E-state index is 0.00289. The lowest BCUT2D eigenvalue weighted by atomic mass is 9.68. The molecule has 2 heteroatoms. The van der Waals surface area contributed by atoms with Crippen molar-refractivity contribution in [2.45, 2.75) is 46.0 Å². The lowest BCUT2D eigenvalue weighted by Crippen LogP contribution is -2.40. The van der Waals surface area contributed by atoms with E-state index in [-0.39, 0.29) is 11.3 Å². The lowest BCUT2D eigenvalue weighted by Gasteiger charge is -2.39. The van der Waals surface area contributed by atoms with Crippen molar-refractivity contribution in [1.82, 2.24) is 0 Å². The largest absolute Gasteiger partial charge is 0.550 e. The van der Waals surface area contributed by atoms with Gasteiger partial charge in [-0.15, -0.1) is 0 Å². The summed E-state index contributed by atoms with van der Waals surface area (Å²) in [5, 5.41) is 10.7. The van der Waals surface area contributed by atoms with Crippen LogP contribution in [0.2, 0.25) is 0 Å². The summed E-state index contributed by atoms with van der Waals surface area (Å²) in [5.41, 5.74) is -0.00289. The van der Waals surface area contributed by atoms with Gasteiger partial charge in [-0.2, -0.15) is 0 Å². The Morgan fingerprint density at radius 3 is 2.25 bits per heavy atom. The molecule has 12 heavy (non-hydrogen) atoms. The van der Waals surface area contributed by atoms with Crippen molar-refractivity contribution < 1.29 is 9.90 Å². The highest BCUT2D eigenvalue weighted by atomic mass is 16.4. The third-order valence-electron chi connectivity index (χ3n) is 3.39. The molecule has 0 amide bonds. The Hall–Kier alpha value is -0.530. The first-order valence-electron chi connectivity index (χ1n) is 4.77. The van der Waals surface area contributed by atoms with E-state index in [4.69, 9.17) is 0 Å². The normalized spacial score (nSPS) is 24.8. The van der Waals surface area contributed by atoms with Gasteiger partial charge in [0, 0.05) is 11.9 Å². The van der Waals surface area contributed by atoms with Crippen molar-refractivity contribution in [3.63, 3.8) is 0 Å². The maximum absolute atomic E-state index is 10.7. The number of aliphatic carboxylic acids is 1. The highest BCUT2D eigenvalue weighted by Gasteiger charge is 2.32. The van der Waals surface area contributed by atoms with Gasteiger partial charge in [0.15, 0.2) is 0 Å². The van der Waals surface area contributed by atoms with Gasteiger partial charge in [-0.25, -0.2) is 0 Å². The number of carboxylic acid groups (broad SMARTS) is 1. The number of carbonyl (C=O) groups excluding carboxylic acids is 1. The van der Waals surface area contributed by atoms with Crippen LogP contribution in [-0.4, -0.2) is 5.97 Å². The molecule has 70 valence electrons. The first-order valence-corrected chi connectivity index (χ1v) is 4.77. The van der Waals surface area contributed by atoms with Crippen molar-refractivity contribution in [1.29, 1.82) is 0 Å². The van der Waals surface area contributed by atoms with Gasteiger partial charge in [0.05, 0.1) is 0 Å². The van der Waals surface area contributed by atoms with Gasteiger partial charge in [0.1, 0.15) is 0 Å². The standard InChI is InChI=1S/C10H18O2/c1-8(9(11)12)10(2)6-4-3-5-7-10/h8H,3-7H2,1-2H3,(H,11,12)/p-1. The molecule has 1 fully saturated rings. The Balaban J connectivity index is 2.62. The number of hydrogen-bond acceptors (Lipinski definition) is 2. The Labute approximate surface area is 74.0 Å². The average Bonchev–Trinajstić information content (AvgIpc) is 2.04. The Bertz CT molecular complexity index is 169. The monoisotopic (exact) mass is 169 g/mol. The fourth-order valence-electron chi connectivity index (χ4n) is 2.08. The zero-order chi connectivity index (χ0) is 9.19. The van der Waals surface area contributed by atoms with Gasteiger partial charge in [-0.05, 0) is 18.3 Å². The van der Waals surface area contributed by atoms with Crippen LogP contribution in [0.15, 0.2) is 0 Å². The highest BCUT2D eigenvalue weighted by molar-refractivity contribution is 5.68. The van der Waals surface area contributed by atoms with Gasteiger partial charge in [0.25, 0.3) is 0 Å². The molecule has 1 atom stereocenters. The quantitative estimate of drug-likeness (QED) is 0.626. The second-order valence-electron chi connectivity index (χ2n) is 4.26. The maximum atomic E-state index is 10.7. The second-order valence-corrected chi connectivity index (χ2v) is 4.26. The molecular weight excluding hydrogens is 152 g/mol. The molecule has 0 aromatic heterocycles. The summed E-state index contributed by atoms with van der Waals surface area (Å²) in [6, 6.07) is 0. The summed E-state index contributed by atoms with van der Waals surface area (Å²) in [7, 11) is 0. The van der Waals surface area contributed by atoms with Crippen LogP contribution < -0.4 is 5.11 Å². The minimum Gasteiger partial charge on any atom is -0.550 e. The van der Waals surface area contributed by atoms with Crippen LogP contribution in [0.25, 0.3) is 0 Å². The molecule has 1 rings (SSSR count). The molecule has 0 heterocycles. The molecule has 0 bridgehead atoms. The summed E-state index contributed by atoms with van der Waals surface area (Å²) in [4.78, 5) is 10.7. The molecule has 1 aliphatic carbocycles.